The van der Waals surface area contributed by atoms with Crippen LogP contribution in [0.4, 0.5) is 0 Å². The molecule has 7 heteroatoms. The fraction of sp³-hybridized carbons (Fsp3) is 0.296. The molecule has 2 aliphatic rings. The second-order valence-corrected chi connectivity index (χ2v) is 12.2. The minimum absolute atomic E-state index is 0.224. The molecule has 0 spiro atoms. The third-order valence-electron chi connectivity index (χ3n) is 6.72. The second-order valence-electron chi connectivity index (χ2n) is 8.75. The highest BCUT2D eigenvalue weighted by molar-refractivity contribution is 14.1. The van der Waals surface area contributed by atoms with Gasteiger partial charge < -0.3 is 4.74 Å². The zero-order valence-corrected chi connectivity index (χ0v) is 25.1. The van der Waals surface area contributed by atoms with Gasteiger partial charge >= 0.3 is 5.97 Å². The van der Waals surface area contributed by atoms with Gasteiger partial charge in [0.2, 0.25) is 0 Å². The Balaban J connectivity index is 1.13. The highest BCUT2D eigenvalue weighted by atomic mass is 127. The monoisotopic (exact) mass is 790 g/mol. The number of ether oxygens (including phenoxy) is 1. The van der Waals surface area contributed by atoms with Gasteiger partial charge in [-0.1, -0.05) is 48.5 Å². The molecule has 1 saturated heterocycles. The third kappa shape index (κ3) is 5.33. The summed E-state index contributed by atoms with van der Waals surface area (Å²) in [6.45, 7) is 6.37. The molecular weight excluding hydrogens is 765 g/mol. The van der Waals surface area contributed by atoms with Crippen molar-refractivity contribution < 1.29 is 9.53 Å². The quantitative estimate of drug-likeness (QED) is 0.172. The van der Waals surface area contributed by atoms with Crippen LogP contribution in [0.5, 0.6) is 0 Å². The van der Waals surface area contributed by atoms with Crippen LogP contribution in [0.2, 0.25) is 0 Å². The molecule has 3 aromatic rings. The summed E-state index contributed by atoms with van der Waals surface area (Å²) in [4.78, 5) is 17.6. The first-order chi connectivity index (χ1) is 16.5. The molecule has 34 heavy (non-hydrogen) atoms. The number of benzene rings is 3. The van der Waals surface area contributed by atoms with Gasteiger partial charge in [-0.2, -0.15) is 0 Å². The van der Waals surface area contributed by atoms with Crippen LogP contribution >= 0.6 is 67.8 Å². The van der Waals surface area contributed by atoms with E-state index in [-0.39, 0.29) is 5.97 Å². The standard InChI is InChI=1S/C27H25I3N2O2/c28-18-15-23(26(30)25(29)16-18)27(33)34-14-13-31-9-11-32(12-10-31)17-24-21-7-3-1-5-19(21)20-6-2-4-8-22(20)24/h1-8,15-16,24H,9-14,17H2. The summed E-state index contributed by atoms with van der Waals surface area (Å²) in [5, 5.41) is 0. The maximum Gasteiger partial charge on any atom is 0.339 e. The summed E-state index contributed by atoms with van der Waals surface area (Å²) in [6, 6.07) is 21.7. The fourth-order valence-electron chi connectivity index (χ4n) is 4.96. The van der Waals surface area contributed by atoms with Crippen LogP contribution in [0.3, 0.4) is 0 Å². The predicted octanol–water partition coefficient (Wildman–Crippen LogP) is 6.09. The maximum absolute atomic E-state index is 12.6. The van der Waals surface area contributed by atoms with Gasteiger partial charge in [-0.3, -0.25) is 9.80 Å². The number of piperazine rings is 1. The van der Waals surface area contributed by atoms with E-state index in [1.807, 2.05) is 6.07 Å². The Morgan fingerprint density at radius 2 is 1.44 bits per heavy atom. The number of hydrogen-bond donors (Lipinski definition) is 0. The largest absolute Gasteiger partial charge is 0.461 e. The fourth-order valence-corrected chi connectivity index (χ4v) is 7.34. The summed E-state index contributed by atoms with van der Waals surface area (Å²) in [7, 11) is 0. The van der Waals surface area contributed by atoms with Crippen molar-refractivity contribution in [1.82, 2.24) is 9.80 Å². The summed E-state index contributed by atoms with van der Waals surface area (Å²) >= 11 is 6.74. The number of hydrogen-bond acceptors (Lipinski definition) is 4. The number of carbonyl (C=O) groups excluding carboxylic acids is 1. The van der Waals surface area contributed by atoms with E-state index in [1.54, 1.807) is 0 Å². The van der Waals surface area contributed by atoms with Crippen molar-refractivity contribution >= 4 is 73.7 Å². The Hall–Kier alpha value is -0.760. The molecule has 1 fully saturated rings. The lowest BCUT2D eigenvalue weighted by Gasteiger charge is -2.36. The molecule has 0 bridgehead atoms. The Labute approximate surface area is 241 Å². The topological polar surface area (TPSA) is 32.8 Å². The van der Waals surface area contributed by atoms with Crippen molar-refractivity contribution in [2.75, 3.05) is 45.9 Å². The lowest BCUT2D eigenvalue weighted by atomic mass is 9.96. The zero-order valence-electron chi connectivity index (χ0n) is 18.6. The van der Waals surface area contributed by atoms with E-state index in [1.165, 1.54) is 22.3 Å². The van der Waals surface area contributed by atoms with E-state index in [9.17, 15) is 4.79 Å². The first-order valence-corrected chi connectivity index (χ1v) is 14.7. The Kier molecular flexibility index (Phi) is 8.13. The molecule has 176 valence electrons. The number of halogens is 3. The molecule has 4 nitrogen and oxygen atoms in total. The van der Waals surface area contributed by atoms with Crippen molar-refractivity contribution in [3.8, 4) is 11.1 Å². The summed E-state index contributed by atoms with van der Waals surface area (Å²) in [6.07, 6.45) is 0. The predicted molar refractivity (Wildman–Crippen MR) is 161 cm³/mol. The number of nitrogens with zero attached hydrogens (tertiary/aromatic N) is 2. The summed E-state index contributed by atoms with van der Waals surface area (Å²) in [5.74, 6) is 0.219. The van der Waals surface area contributed by atoms with Crippen LogP contribution in [-0.4, -0.2) is 61.6 Å². The Morgan fingerprint density at radius 3 is 2.09 bits per heavy atom. The van der Waals surface area contributed by atoms with Crippen LogP contribution in [0.1, 0.15) is 27.4 Å². The first kappa shape index (κ1) is 24.9. The molecule has 0 N–H and O–H groups in total. The highest BCUT2D eigenvalue weighted by Gasteiger charge is 2.30. The van der Waals surface area contributed by atoms with E-state index in [0.717, 1.165) is 50.0 Å². The molecular formula is C27H25I3N2O2. The molecule has 1 aliphatic carbocycles. The van der Waals surface area contributed by atoms with Gasteiger partial charge in [0.1, 0.15) is 6.61 Å². The molecule has 1 aliphatic heterocycles. The zero-order chi connectivity index (χ0) is 23.7. The van der Waals surface area contributed by atoms with Gasteiger partial charge in [0.25, 0.3) is 0 Å². The smallest absolute Gasteiger partial charge is 0.339 e. The highest BCUT2D eigenvalue weighted by Crippen LogP contribution is 2.44. The molecule has 0 radical (unpaired) electrons. The van der Waals surface area contributed by atoms with Crippen LogP contribution in [0.15, 0.2) is 60.7 Å². The molecule has 0 atom stereocenters. The Bertz CT molecular complexity index is 1160. The van der Waals surface area contributed by atoms with Crippen molar-refractivity contribution in [2.45, 2.75) is 5.92 Å². The van der Waals surface area contributed by atoms with Gasteiger partial charge in [-0.15, -0.1) is 0 Å². The molecule has 5 rings (SSSR count). The van der Waals surface area contributed by atoms with Gasteiger partial charge in [-0.25, -0.2) is 4.79 Å². The summed E-state index contributed by atoms with van der Waals surface area (Å²) in [5.41, 5.74) is 6.36. The van der Waals surface area contributed by atoms with Crippen LogP contribution < -0.4 is 0 Å². The van der Waals surface area contributed by atoms with Crippen LogP contribution in [0, 0.1) is 10.7 Å². The normalized spacial score (nSPS) is 16.3. The number of esters is 1. The SMILES string of the molecule is O=C(OCCN1CCN(CC2c3ccccc3-c3ccccc32)CC1)c1cc(I)cc(I)c1I. The Morgan fingerprint density at radius 1 is 0.853 bits per heavy atom. The molecule has 3 aromatic carbocycles. The van der Waals surface area contributed by atoms with Crippen LogP contribution in [0.25, 0.3) is 11.1 Å². The third-order valence-corrected chi connectivity index (χ3v) is 10.4. The molecule has 0 amide bonds. The van der Waals surface area contributed by atoms with E-state index >= 15 is 0 Å². The van der Waals surface area contributed by atoms with Gasteiger partial charge in [0, 0.05) is 55.9 Å². The van der Waals surface area contributed by atoms with Gasteiger partial charge in [0.05, 0.1) is 5.56 Å². The molecule has 0 aromatic heterocycles. The maximum atomic E-state index is 12.6. The van der Waals surface area contributed by atoms with Crippen molar-refractivity contribution in [3.05, 3.63) is 88.1 Å². The minimum Gasteiger partial charge on any atom is -0.461 e. The second kappa shape index (κ2) is 11.1. The lowest BCUT2D eigenvalue weighted by Crippen LogP contribution is -2.48. The van der Waals surface area contributed by atoms with E-state index in [0.29, 0.717) is 18.1 Å². The average molecular weight is 790 g/mol. The van der Waals surface area contributed by atoms with Crippen molar-refractivity contribution in [3.63, 3.8) is 0 Å². The lowest BCUT2D eigenvalue weighted by molar-refractivity contribution is 0.0420. The molecule has 1 heterocycles. The number of fused-ring (bicyclic) bond motifs is 3. The molecule has 0 unspecified atom stereocenters. The van der Waals surface area contributed by atoms with Crippen molar-refractivity contribution in [1.29, 1.82) is 0 Å². The van der Waals surface area contributed by atoms with Gasteiger partial charge in [0.15, 0.2) is 0 Å². The van der Waals surface area contributed by atoms with E-state index in [2.05, 4.69) is 132 Å². The first-order valence-electron chi connectivity index (χ1n) is 11.5. The van der Waals surface area contributed by atoms with Crippen molar-refractivity contribution in [2.24, 2.45) is 0 Å². The van der Waals surface area contributed by atoms with E-state index < -0.39 is 0 Å². The molecule has 0 saturated carbocycles. The number of rotatable bonds is 6. The average Bonchev–Trinajstić information content (AvgIpc) is 3.16. The minimum atomic E-state index is -0.224. The summed E-state index contributed by atoms with van der Waals surface area (Å²) < 4.78 is 8.73. The number of carbonyl (C=O) groups is 1. The van der Waals surface area contributed by atoms with Crippen LogP contribution in [-0.2, 0) is 4.74 Å². The van der Waals surface area contributed by atoms with Gasteiger partial charge in [-0.05, 0) is 102 Å². The van der Waals surface area contributed by atoms with E-state index in [4.69, 9.17) is 4.74 Å².